The predicted octanol–water partition coefficient (Wildman–Crippen LogP) is 3.68. The maximum Gasteiger partial charge on any atom is 0.230 e. The van der Waals surface area contributed by atoms with E-state index in [-0.39, 0.29) is 11.9 Å². The molecule has 2 rings (SSSR count). The van der Waals surface area contributed by atoms with Crippen LogP contribution in [-0.2, 0) is 4.79 Å². The average molecular weight is 361 g/mol. The highest BCUT2D eigenvalue weighted by Crippen LogP contribution is 2.30. The standard InChI is InChI=1S/C19H23NO4S/c1-13(14-5-10-17(23-3)18(11-14)24-4)20-19(21)12-25-16-8-6-15(22-2)7-9-16/h5-11,13H,12H2,1-4H3,(H,20,21)/t13-/m0/s1. The number of carbonyl (C=O) groups is 1. The quantitative estimate of drug-likeness (QED) is 0.727. The number of hydrogen-bond acceptors (Lipinski definition) is 5. The highest BCUT2D eigenvalue weighted by molar-refractivity contribution is 8.00. The molecule has 0 radical (unpaired) electrons. The molecule has 0 spiro atoms. The molecule has 1 N–H and O–H groups in total. The van der Waals surface area contributed by atoms with Crippen molar-refractivity contribution in [3.05, 3.63) is 48.0 Å². The third-order valence-electron chi connectivity index (χ3n) is 3.71. The lowest BCUT2D eigenvalue weighted by Crippen LogP contribution is -2.28. The van der Waals surface area contributed by atoms with Gasteiger partial charge in [-0.2, -0.15) is 0 Å². The normalized spacial score (nSPS) is 11.5. The molecule has 2 aromatic carbocycles. The molecule has 1 amide bonds. The lowest BCUT2D eigenvalue weighted by Gasteiger charge is -2.16. The molecule has 0 bridgehead atoms. The van der Waals surface area contributed by atoms with Crippen LogP contribution in [0.4, 0.5) is 0 Å². The van der Waals surface area contributed by atoms with Gasteiger partial charge in [-0.3, -0.25) is 4.79 Å². The Labute approximate surface area is 152 Å². The topological polar surface area (TPSA) is 56.8 Å². The fourth-order valence-corrected chi connectivity index (χ4v) is 3.02. The minimum absolute atomic E-state index is 0.0249. The van der Waals surface area contributed by atoms with Crippen molar-refractivity contribution in [2.24, 2.45) is 0 Å². The van der Waals surface area contributed by atoms with Crippen molar-refractivity contribution in [3.8, 4) is 17.2 Å². The van der Waals surface area contributed by atoms with Crippen LogP contribution in [0.25, 0.3) is 0 Å². The van der Waals surface area contributed by atoms with Crippen LogP contribution in [0.15, 0.2) is 47.4 Å². The molecular formula is C19H23NO4S. The lowest BCUT2D eigenvalue weighted by atomic mass is 10.1. The first kappa shape index (κ1) is 19.0. The predicted molar refractivity (Wildman–Crippen MR) is 99.8 cm³/mol. The molecule has 0 unspecified atom stereocenters. The number of carbonyl (C=O) groups excluding carboxylic acids is 1. The Morgan fingerprint density at radius 3 is 2.28 bits per heavy atom. The van der Waals surface area contributed by atoms with E-state index in [0.717, 1.165) is 16.2 Å². The van der Waals surface area contributed by atoms with Gasteiger partial charge in [-0.25, -0.2) is 0 Å². The van der Waals surface area contributed by atoms with Crippen LogP contribution in [0, 0.1) is 0 Å². The minimum atomic E-state index is -0.122. The Balaban J connectivity index is 1.90. The summed E-state index contributed by atoms with van der Waals surface area (Å²) in [5.41, 5.74) is 0.959. The fraction of sp³-hybridized carbons (Fsp3) is 0.316. The Kier molecular flexibility index (Phi) is 7.01. The second-order valence-corrected chi connectivity index (χ2v) is 6.42. The number of methoxy groups -OCH3 is 3. The zero-order valence-electron chi connectivity index (χ0n) is 14.9. The molecule has 25 heavy (non-hydrogen) atoms. The van der Waals surface area contributed by atoms with Crippen molar-refractivity contribution in [1.29, 1.82) is 0 Å². The monoisotopic (exact) mass is 361 g/mol. The fourth-order valence-electron chi connectivity index (χ4n) is 2.31. The number of nitrogens with one attached hydrogen (secondary N) is 1. The largest absolute Gasteiger partial charge is 0.497 e. The molecule has 134 valence electrons. The van der Waals surface area contributed by atoms with Gasteiger partial charge in [-0.1, -0.05) is 6.07 Å². The van der Waals surface area contributed by atoms with Crippen LogP contribution in [0.1, 0.15) is 18.5 Å². The second-order valence-electron chi connectivity index (χ2n) is 5.37. The zero-order valence-corrected chi connectivity index (χ0v) is 15.7. The Hall–Kier alpha value is -2.34. The van der Waals surface area contributed by atoms with Crippen LogP contribution >= 0.6 is 11.8 Å². The summed E-state index contributed by atoms with van der Waals surface area (Å²) in [4.78, 5) is 13.2. The van der Waals surface area contributed by atoms with E-state index in [1.807, 2.05) is 49.4 Å². The maximum absolute atomic E-state index is 12.2. The van der Waals surface area contributed by atoms with E-state index in [1.165, 1.54) is 11.8 Å². The molecule has 0 heterocycles. The highest BCUT2D eigenvalue weighted by atomic mass is 32.2. The van der Waals surface area contributed by atoms with Gasteiger partial charge in [0, 0.05) is 4.90 Å². The van der Waals surface area contributed by atoms with E-state index in [1.54, 1.807) is 21.3 Å². The summed E-state index contributed by atoms with van der Waals surface area (Å²) in [5, 5.41) is 3.00. The molecule has 5 nitrogen and oxygen atoms in total. The molecule has 0 aromatic heterocycles. The molecule has 0 fully saturated rings. The Morgan fingerprint density at radius 2 is 1.68 bits per heavy atom. The molecular weight excluding hydrogens is 338 g/mol. The number of ether oxygens (including phenoxy) is 3. The summed E-state index contributed by atoms with van der Waals surface area (Å²) >= 11 is 1.49. The lowest BCUT2D eigenvalue weighted by molar-refractivity contribution is -0.119. The van der Waals surface area contributed by atoms with Crippen molar-refractivity contribution in [2.45, 2.75) is 17.9 Å². The van der Waals surface area contributed by atoms with Crippen molar-refractivity contribution in [1.82, 2.24) is 5.32 Å². The molecule has 1 atom stereocenters. The molecule has 0 aliphatic heterocycles. The summed E-state index contributed by atoms with van der Waals surface area (Å²) < 4.78 is 15.7. The van der Waals surface area contributed by atoms with Gasteiger partial charge in [0.1, 0.15) is 5.75 Å². The SMILES string of the molecule is COc1ccc(SCC(=O)N[C@@H](C)c2ccc(OC)c(OC)c2)cc1. The van der Waals surface area contributed by atoms with Crippen molar-refractivity contribution in [2.75, 3.05) is 27.1 Å². The van der Waals surface area contributed by atoms with Crippen LogP contribution in [0.3, 0.4) is 0 Å². The zero-order chi connectivity index (χ0) is 18.2. The number of hydrogen-bond donors (Lipinski definition) is 1. The third-order valence-corrected chi connectivity index (χ3v) is 4.73. The van der Waals surface area contributed by atoms with E-state index in [2.05, 4.69) is 5.32 Å². The van der Waals surface area contributed by atoms with Gasteiger partial charge in [0.05, 0.1) is 33.1 Å². The molecule has 0 saturated carbocycles. The first-order valence-corrected chi connectivity index (χ1v) is 8.84. The number of amides is 1. The third kappa shape index (κ3) is 5.32. The van der Waals surface area contributed by atoms with Gasteiger partial charge in [0.2, 0.25) is 5.91 Å². The number of thioether (sulfide) groups is 1. The van der Waals surface area contributed by atoms with Gasteiger partial charge < -0.3 is 19.5 Å². The Morgan fingerprint density at radius 1 is 1.00 bits per heavy atom. The first-order chi connectivity index (χ1) is 12.1. The van der Waals surface area contributed by atoms with Gasteiger partial charge in [-0.15, -0.1) is 11.8 Å². The van der Waals surface area contributed by atoms with Crippen LogP contribution < -0.4 is 19.5 Å². The van der Waals surface area contributed by atoms with E-state index < -0.39 is 0 Å². The van der Waals surface area contributed by atoms with Crippen LogP contribution in [0.2, 0.25) is 0 Å². The van der Waals surface area contributed by atoms with Crippen molar-refractivity contribution in [3.63, 3.8) is 0 Å². The van der Waals surface area contributed by atoms with E-state index in [9.17, 15) is 4.79 Å². The smallest absolute Gasteiger partial charge is 0.230 e. The average Bonchev–Trinajstić information content (AvgIpc) is 2.66. The van der Waals surface area contributed by atoms with E-state index in [4.69, 9.17) is 14.2 Å². The number of benzene rings is 2. The van der Waals surface area contributed by atoms with Crippen LogP contribution in [0.5, 0.6) is 17.2 Å². The summed E-state index contributed by atoms with van der Waals surface area (Å²) in [7, 11) is 4.82. The molecule has 0 aliphatic rings. The van der Waals surface area contributed by atoms with Gasteiger partial charge in [-0.05, 0) is 48.9 Å². The summed E-state index contributed by atoms with van der Waals surface area (Å²) in [6.45, 7) is 1.94. The number of rotatable bonds is 8. The van der Waals surface area contributed by atoms with Gasteiger partial charge >= 0.3 is 0 Å². The Bertz CT molecular complexity index is 703. The van der Waals surface area contributed by atoms with E-state index in [0.29, 0.717) is 17.3 Å². The minimum Gasteiger partial charge on any atom is -0.497 e. The summed E-state index contributed by atoms with van der Waals surface area (Å²) in [6.07, 6.45) is 0. The van der Waals surface area contributed by atoms with E-state index >= 15 is 0 Å². The summed E-state index contributed by atoms with van der Waals surface area (Å²) in [6, 6.07) is 13.2. The van der Waals surface area contributed by atoms with Crippen molar-refractivity contribution >= 4 is 17.7 Å². The second kappa shape index (κ2) is 9.22. The van der Waals surface area contributed by atoms with Gasteiger partial charge in [0.15, 0.2) is 11.5 Å². The maximum atomic E-state index is 12.2. The molecule has 0 aliphatic carbocycles. The van der Waals surface area contributed by atoms with Crippen molar-refractivity contribution < 1.29 is 19.0 Å². The molecule has 2 aromatic rings. The van der Waals surface area contributed by atoms with Crippen LogP contribution in [-0.4, -0.2) is 33.0 Å². The summed E-state index contributed by atoms with van der Waals surface area (Å²) in [5.74, 6) is 2.44. The first-order valence-electron chi connectivity index (χ1n) is 7.85. The molecule has 0 saturated heterocycles. The highest BCUT2D eigenvalue weighted by Gasteiger charge is 2.13. The van der Waals surface area contributed by atoms with Gasteiger partial charge in [0.25, 0.3) is 0 Å². The molecule has 6 heteroatoms.